The lowest BCUT2D eigenvalue weighted by atomic mass is 10.1. The lowest BCUT2D eigenvalue weighted by Gasteiger charge is -2.30. The van der Waals surface area contributed by atoms with Gasteiger partial charge in [-0.05, 0) is 39.7 Å². The van der Waals surface area contributed by atoms with Gasteiger partial charge in [-0.2, -0.15) is 0 Å². The predicted molar refractivity (Wildman–Crippen MR) is 113 cm³/mol. The summed E-state index contributed by atoms with van der Waals surface area (Å²) in [6.07, 6.45) is 1.26. The summed E-state index contributed by atoms with van der Waals surface area (Å²) in [5, 5.41) is 14.1. The van der Waals surface area contributed by atoms with Gasteiger partial charge in [-0.15, -0.1) is 0 Å². The molecule has 0 aliphatic heterocycles. The molecule has 5 heteroatoms. The van der Waals surface area contributed by atoms with Gasteiger partial charge in [0, 0.05) is 63.9 Å². The van der Waals surface area contributed by atoms with Crippen molar-refractivity contribution >= 4 is 0 Å². The van der Waals surface area contributed by atoms with Gasteiger partial charge in [0.05, 0.1) is 0 Å². The molecule has 25 heavy (non-hydrogen) atoms. The van der Waals surface area contributed by atoms with Crippen LogP contribution in [0.15, 0.2) is 0 Å². The number of nitrogens with one attached hydrogen (secondary N) is 4. The van der Waals surface area contributed by atoms with Crippen LogP contribution in [0.25, 0.3) is 0 Å². The van der Waals surface area contributed by atoms with E-state index in [1.807, 2.05) is 0 Å². The number of nitrogens with zero attached hydrogens (tertiary/aromatic N) is 1. The highest BCUT2D eigenvalue weighted by Gasteiger charge is 2.12. The molecule has 0 aromatic rings. The van der Waals surface area contributed by atoms with Crippen LogP contribution in [-0.4, -0.2) is 75.4 Å². The van der Waals surface area contributed by atoms with E-state index in [-0.39, 0.29) is 0 Å². The van der Waals surface area contributed by atoms with E-state index in [1.165, 1.54) is 6.42 Å². The van der Waals surface area contributed by atoms with Crippen molar-refractivity contribution in [1.82, 2.24) is 26.2 Å². The first-order valence-electron chi connectivity index (χ1n) is 10.4. The molecule has 0 saturated heterocycles. The summed E-state index contributed by atoms with van der Waals surface area (Å²) < 4.78 is 0. The molecule has 1 unspecified atom stereocenters. The lowest BCUT2D eigenvalue weighted by Crippen LogP contribution is -2.46. The van der Waals surface area contributed by atoms with Crippen molar-refractivity contribution in [2.75, 3.05) is 52.4 Å². The lowest BCUT2D eigenvalue weighted by molar-refractivity contribution is 0.202. The number of hydrogen-bond donors (Lipinski definition) is 4. The van der Waals surface area contributed by atoms with E-state index in [9.17, 15) is 0 Å². The Morgan fingerprint density at radius 3 is 1.84 bits per heavy atom. The van der Waals surface area contributed by atoms with E-state index >= 15 is 0 Å². The zero-order valence-electron chi connectivity index (χ0n) is 18.1. The van der Waals surface area contributed by atoms with Crippen molar-refractivity contribution in [3.63, 3.8) is 0 Å². The molecule has 0 rings (SSSR count). The first-order chi connectivity index (χ1) is 11.8. The fourth-order valence-corrected chi connectivity index (χ4v) is 2.70. The second kappa shape index (κ2) is 16.0. The van der Waals surface area contributed by atoms with Crippen LogP contribution in [0.1, 0.15) is 54.9 Å². The Morgan fingerprint density at radius 1 is 0.680 bits per heavy atom. The van der Waals surface area contributed by atoms with Crippen LogP contribution < -0.4 is 21.3 Å². The molecular weight excluding hydrogens is 310 g/mol. The van der Waals surface area contributed by atoms with Crippen LogP contribution in [0.3, 0.4) is 0 Å². The van der Waals surface area contributed by atoms with E-state index in [4.69, 9.17) is 0 Å². The molecule has 0 aliphatic carbocycles. The average molecular weight is 358 g/mol. The second-order valence-electron chi connectivity index (χ2n) is 8.24. The molecule has 152 valence electrons. The van der Waals surface area contributed by atoms with E-state index in [0.717, 1.165) is 58.3 Å². The van der Waals surface area contributed by atoms with Crippen molar-refractivity contribution in [1.29, 1.82) is 0 Å². The molecule has 0 fully saturated rings. The number of hydrogen-bond acceptors (Lipinski definition) is 5. The third kappa shape index (κ3) is 17.0. The van der Waals surface area contributed by atoms with Crippen LogP contribution in [0.2, 0.25) is 0 Å². The van der Waals surface area contributed by atoms with Gasteiger partial charge in [0.2, 0.25) is 0 Å². The van der Waals surface area contributed by atoms with Gasteiger partial charge in [0.1, 0.15) is 0 Å². The van der Waals surface area contributed by atoms with Crippen molar-refractivity contribution in [3.8, 4) is 0 Å². The minimum Gasteiger partial charge on any atom is -0.315 e. The van der Waals surface area contributed by atoms with Crippen LogP contribution in [-0.2, 0) is 0 Å². The summed E-state index contributed by atoms with van der Waals surface area (Å²) in [4.78, 5) is 2.56. The Balaban J connectivity index is 3.75. The Kier molecular flexibility index (Phi) is 15.9. The minimum absolute atomic E-state index is 0.525. The molecule has 4 N–H and O–H groups in total. The largest absolute Gasteiger partial charge is 0.315 e. The first-order valence-corrected chi connectivity index (χ1v) is 10.4. The van der Waals surface area contributed by atoms with Gasteiger partial charge < -0.3 is 21.3 Å². The quantitative estimate of drug-likeness (QED) is 0.300. The summed E-state index contributed by atoms with van der Waals surface area (Å²) in [7, 11) is 0. The van der Waals surface area contributed by atoms with E-state index in [1.54, 1.807) is 0 Å². The van der Waals surface area contributed by atoms with Crippen LogP contribution in [0.4, 0.5) is 0 Å². The normalized spacial score (nSPS) is 13.6. The molecule has 0 spiro atoms. The Morgan fingerprint density at radius 2 is 1.28 bits per heavy atom. The molecule has 0 bridgehead atoms. The van der Waals surface area contributed by atoms with Crippen LogP contribution in [0.5, 0.6) is 0 Å². The zero-order valence-corrected chi connectivity index (χ0v) is 18.1. The molecule has 0 saturated carbocycles. The smallest absolute Gasteiger partial charge is 0.0167 e. The predicted octanol–water partition coefficient (Wildman–Crippen LogP) is 1.90. The topological polar surface area (TPSA) is 51.4 Å². The zero-order chi connectivity index (χ0) is 19.1. The van der Waals surface area contributed by atoms with Gasteiger partial charge in [-0.1, -0.05) is 27.7 Å². The summed E-state index contributed by atoms with van der Waals surface area (Å²) >= 11 is 0. The standard InChI is InChI=1S/C20H47N5/c1-17(2)8-9-21-11-13-24-20(7)16-25(19(5)6)15-14-22-10-12-23-18(3)4/h17-24H,8-16H2,1-7H3. The second-order valence-corrected chi connectivity index (χ2v) is 8.24. The summed E-state index contributed by atoms with van der Waals surface area (Å²) in [5.41, 5.74) is 0. The third-order valence-corrected chi connectivity index (χ3v) is 4.36. The molecule has 0 aromatic heterocycles. The van der Waals surface area contributed by atoms with E-state index in [0.29, 0.717) is 18.1 Å². The summed E-state index contributed by atoms with van der Waals surface area (Å²) in [6.45, 7) is 24.4. The molecule has 0 amide bonds. The van der Waals surface area contributed by atoms with E-state index < -0.39 is 0 Å². The van der Waals surface area contributed by atoms with E-state index in [2.05, 4.69) is 74.6 Å². The van der Waals surface area contributed by atoms with Crippen LogP contribution in [0, 0.1) is 5.92 Å². The molecule has 5 nitrogen and oxygen atoms in total. The maximum absolute atomic E-state index is 3.64. The Hall–Kier alpha value is -0.200. The van der Waals surface area contributed by atoms with Crippen molar-refractivity contribution in [3.05, 3.63) is 0 Å². The van der Waals surface area contributed by atoms with Gasteiger partial charge >= 0.3 is 0 Å². The maximum atomic E-state index is 3.64. The fourth-order valence-electron chi connectivity index (χ4n) is 2.70. The summed E-state index contributed by atoms with van der Waals surface area (Å²) in [5.74, 6) is 0.786. The average Bonchev–Trinajstić information content (AvgIpc) is 2.52. The molecular formula is C20H47N5. The van der Waals surface area contributed by atoms with Gasteiger partial charge in [0.25, 0.3) is 0 Å². The molecule has 0 heterocycles. The van der Waals surface area contributed by atoms with Gasteiger partial charge in [0.15, 0.2) is 0 Å². The van der Waals surface area contributed by atoms with Crippen molar-refractivity contribution in [2.45, 2.75) is 73.0 Å². The van der Waals surface area contributed by atoms with Crippen molar-refractivity contribution in [2.24, 2.45) is 5.92 Å². The monoisotopic (exact) mass is 357 g/mol. The highest BCUT2D eigenvalue weighted by molar-refractivity contribution is 4.72. The van der Waals surface area contributed by atoms with Gasteiger partial charge in [-0.3, -0.25) is 4.90 Å². The first kappa shape index (κ1) is 24.8. The SMILES string of the molecule is CC(C)CCNCCNC(C)CN(CCNCCNC(C)C)C(C)C. The highest BCUT2D eigenvalue weighted by atomic mass is 15.2. The molecule has 0 aromatic carbocycles. The minimum atomic E-state index is 0.525. The highest BCUT2D eigenvalue weighted by Crippen LogP contribution is 1.99. The van der Waals surface area contributed by atoms with Crippen molar-refractivity contribution < 1.29 is 0 Å². The molecule has 0 aliphatic rings. The number of rotatable bonds is 17. The third-order valence-electron chi connectivity index (χ3n) is 4.36. The molecule has 1 atom stereocenters. The Bertz CT molecular complexity index is 281. The van der Waals surface area contributed by atoms with Gasteiger partial charge in [-0.25, -0.2) is 0 Å². The Labute approximate surface area is 158 Å². The molecule has 0 radical (unpaired) electrons. The summed E-state index contributed by atoms with van der Waals surface area (Å²) in [6, 6.07) is 1.68. The fraction of sp³-hybridized carbons (Fsp3) is 1.00. The maximum Gasteiger partial charge on any atom is 0.0167 e. The van der Waals surface area contributed by atoms with Crippen LogP contribution >= 0.6 is 0 Å².